The van der Waals surface area contributed by atoms with E-state index in [-0.39, 0.29) is 12.3 Å². The number of benzene rings is 2. The Balaban J connectivity index is 1.52. The van der Waals surface area contributed by atoms with Crippen LogP contribution >= 0.6 is 0 Å². The van der Waals surface area contributed by atoms with Gasteiger partial charge in [-0.05, 0) is 43.4 Å². The summed E-state index contributed by atoms with van der Waals surface area (Å²) in [6, 6.07) is 14.9. The van der Waals surface area contributed by atoms with Crippen molar-refractivity contribution in [1.29, 1.82) is 0 Å². The molecule has 0 spiro atoms. The van der Waals surface area contributed by atoms with Gasteiger partial charge in [-0.3, -0.25) is 10.0 Å². The average molecular weight is 545 g/mol. The van der Waals surface area contributed by atoms with Crippen molar-refractivity contribution in [3.63, 3.8) is 0 Å². The van der Waals surface area contributed by atoms with E-state index < -0.39 is 73.7 Å². The molecule has 10 nitrogen and oxygen atoms in total. The van der Waals surface area contributed by atoms with E-state index in [1.807, 2.05) is 0 Å². The predicted octanol–water partition coefficient (Wildman–Crippen LogP) is 3.14. The first-order valence-corrected chi connectivity index (χ1v) is 12.5. The molecular weight excluding hydrogens is 514 g/mol. The van der Waals surface area contributed by atoms with E-state index in [0.717, 1.165) is 5.56 Å². The number of ether oxygens (including phenoxy) is 1. The summed E-state index contributed by atoms with van der Waals surface area (Å²) in [7, 11) is 0. The number of aliphatic hydroxyl groups is 2. The van der Waals surface area contributed by atoms with Gasteiger partial charge in [-0.25, -0.2) is 29.0 Å². The van der Waals surface area contributed by atoms with E-state index >= 15 is 0 Å². The zero-order valence-corrected chi connectivity index (χ0v) is 21.0. The number of carbonyl (C=O) groups is 2. The molecule has 208 valence electrons. The van der Waals surface area contributed by atoms with E-state index in [2.05, 4.69) is 15.3 Å². The van der Waals surface area contributed by atoms with Gasteiger partial charge in [-0.15, -0.1) is 0 Å². The van der Waals surface area contributed by atoms with Crippen LogP contribution in [0.2, 0.25) is 0 Å². The van der Waals surface area contributed by atoms with Gasteiger partial charge in [0.25, 0.3) is 0 Å². The number of fused-ring (bicyclic) bond motifs is 1. The maximum absolute atomic E-state index is 13.8. The number of para-hydroxylation sites is 2. The molecule has 0 saturated heterocycles. The molecular formula is C27H30F2N4O6. The molecule has 39 heavy (non-hydrogen) atoms. The Kier molecular flexibility index (Phi) is 8.68. The fraction of sp³-hybridized carbons (Fsp3) is 0.407. The molecule has 1 aliphatic rings. The van der Waals surface area contributed by atoms with Crippen LogP contribution in [0.5, 0.6) is 5.88 Å². The second-order valence-electron chi connectivity index (χ2n) is 9.82. The van der Waals surface area contributed by atoms with Gasteiger partial charge in [0.05, 0.1) is 40.9 Å². The first-order valence-electron chi connectivity index (χ1n) is 12.5. The Labute approximate surface area is 223 Å². The van der Waals surface area contributed by atoms with Crippen molar-refractivity contribution in [2.75, 3.05) is 0 Å². The summed E-state index contributed by atoms with van der Waals surface area (Å²) in [5, 5.41) is 34.1. The molecule has 12 heteroatoms. The van der Waals surface area contributed by atoms with Gasteiger partial charge < -0.3 is 20.3 Å². The van der Waals surface area contributed by atoms with Crippen molar-refractivity contribution in [3.05, 3.63) is 66.4 Å². The minimum Gasteiger partial charge on any atom is -0.391 e. The highest BCUT2D eigenvalue weighted by Crippen LogP contribution is 2.43. The lowest BCUT2D eigenvalue weighted by atomic mass is 9.71. The predicted molar refractivity (Wildman–Crippen MR) is 135 cm³/mol. The van der Waals surface area contributed by atoms with Crippen molar-refractivity contribution in [2.24, 2.45) is 5.92 Å². The summed E-state index contributed by atoms with van der Waals surface area (Å²) in [6.07, 6.45) is -3.49. The number of nitrogens with one attached hydrogen (secondary N) is 2. The van der Waals surface area contributed by atoms with Crippen LogP contribution in [0, 0.1) is 5.92 Å². The molecule has 1 fully saturated rings. The van der Waals surface area contributed by atoms with Crippen molar-refractivity contribution in [2.45, 2.75) is 62.2 Å². The van der Waals surface area contributed by atoms with Gasteiger partial charge in [0, 0.05) is 12.8 Å². The minimum atomic E-state index is -2.97. The van der Waals surface area contributed by atoms with Crippen LogP contribution < -0.4 is 15.5 Å². The first kappa shape index (κ1) is 28.3. The molecule has 0 radical (unpaired) electrons. The van der Waals surface area contributed by atoms with Crippen molar-refractivity contribution >= 4 is 23.0 Å². The summed E-state index contributed by atoms with van der Waals surface area (Å²) in [5.74, 6) is -5.49. The second kappa shape index (κ2) is 12.0. The molecule has 1 aliphatic carbocycles. The summed E-state index contributed by atoms with van der Waals surface area (Å²) in [6.45, 7) is 0. The van der Waals surface area contributed by atoms with E-state index in [9.17, 15) is 33.8 Å². The van der Waals surface area contributed by atoms with Gasteiger partial charge in [0.1, 0.15) is 0 Å². The zero-order chi connectivity index (χ0) is 28.0. The van der Waals surface area contributed by atoms with Crippen LogP contribution in [0.1, 0.15) is 37.7 Å². The number of hydroxylamine groups is 1. The molecule has 1 aromatic heterocycles. The van der Waals surface area contributed by atoms with Crippen LogP contribution in [-0.2, 0) is 11.2 Å². The van der Waals surface area contributed by atoms with E-state index in [0.29, 0.717) is 11.0 Å². The molecule has 4 rings (SSSR count). The third-order valence-corrected chi connectivity index (χ3v) is 7.09. The van der Waals surface area contributed by atoms with Gasteiger partial charge in [0.2, 0.25) is 17.7 Å². The highest BCUT2D eigenvalue weighted by Gasteiger charge is 2.49. The number of hydrogen-bond donors (Lipinski definition) is 5. The van der Waals surface area contributed by atoms with Crippen molar-refractivity contribution < 1.29 is 38.5 Å². The molecule has 1 heterocycles. The SMILES string of the molecule is O=C(NC(Cc1ccccc1)C(O)CC(C(=O)NO)C1(O)CCC(F)(F)CC1)Oc1cnc2ccccc2n1. The summed E-state index contributed by atoms with van der Waals surface area (Å²) >= 11 is 0. The third kappa shape index (κ3) is 7.22. The van der Waals surface area contributed by atoms with E-state index in [1.54, 1.807) is 54.6 Å². The molecule has 3 unspecified atom stereocenters. The lowest BCUT2D eigenvalue weighted by Crippen LogP contribution is -2.54. The Morgan fingerprint density at radius 2 is 1.64 bits per heavy atom. The van der Waals surface area contributed by atoms with Crippen LogP contribution in [0.25, 0.3) is 11.0 Å². The molecule has 2 amide bonds. The number of halogens is 2. The topological polar surface area (TPSA) is 154 Å². The first-order chi connectivity index (χ1) is 18.6. The van der Waals surface area contributed by atoms with Crippen LogP contribution in [0.15, 0.2) is 60.8 Å². The molecule has 2 aromatic carbocycles. The fourth-order valence-corrected chi connectivity index (χ4v) is 4.87. The van der Waals surface area contributed by atoms with Crippen LogP contribution in [0.4, 0.5) is 13.6 Å². The molecule has 3 aromatic rings. The third-order valence-electron chi connectivity index (χ3n) is 7.09. The van der Waals surface area contributed by atoms with Gasteiger partial charge >= 0.3 is 6.09 Å². The summed E-state index contributed by atoms with van der Waals surface area (Å²) in [5.41, 5.74) is 1.44. The average Bonchev–Trinajstić information content (AvgIpc) is 2.93. The number of hydrogen-bond acceptors (Lipinski definition) is 8. The standard InChI is InChI=1S/C27H30F2N4O6/c28-27(29)12-10-26(37,11-13-27)18(24(35)33-38)15-22(34)21(14-17-6-2-1-3-7-17)32-25(36)39-23-16-30-19-8-4-5-9-20(19)31-23/h1-9,16,18,21-22,34,37-38H,10-15H2,(H,32,36)(H,33,35). The lowest BCUT2D eigenvalue weighted by molar-refractivity contribution is -0.161. The fourth-order valence-electron chi connectivity index (χ4n) is 4.87. The van der Waals surface area contributed by atoms with Crippen LogP contribution in [-0.4, -0.2) is 61.1 Å². The Hall–Kier alpha value is -3.74. The molecule has 3 atom stereocenters. The minimum absolute atomic E-state index is 0.0749. The number of nitrogens with zero attached hydrogens (tertiary/aromatic N) is 2. The Morgan fingerprint density at radius 1 is 1.00 bits per heavy atom. The second-order valence-corrected chi connectivity index (χ2v) is 9.82. The van der Waals surface area contributed by atoms with E-state index in [1.165, 1.54) is 11.7 Å². The lowest BCUT2D eigenvalue weighted by Gasteiger charge is -2.41. The maximum atomic E-state index is 13.8. The van der Waals surface area contributed by atoms with Gasteiger partial charge in [-0.2, -0.15) is 0 Å². The maximum Gasteiger partial charge on any atom is 0.414 e. The molecule has 0 aliphatic heterocycles. The summed E-state index contributed by atoms with van der Waals surface area (Å²) < 4.78 is 32.8. The van der Waals surface area contributed by atoms with Gasteiger partial charge in [-0.1, -0.05) is 42.5 Å². The van der Waals surface area contributed by atoms with Crippen LogP contribution in [0.3, 0.4) is 0 Å². The number of alkyl halides is 2. The number of carbonyl (C=O) groups excluding carboxylic acids is 2. The normalized spacial score (nSPS) is 18.5. The zero-order valence-electron chi connectivity index (χ0n) is 21.0. The smallest absolute Gasteiger partial charge is 0.391 e. The summed E-state index contributed by atoms with van der Waals surface area (Å²) in [4.78, 5) is 33.7. The monoisotopic (exact) mass is 544 g/mol. The molecule has 1 saturated carbocycles. The molecule has 5 N–H and O–H groups in total. The highest BCUT2D eigenvalue weighted by atomic mass is 19.3. The van der Waals surface area contributed by atoms with Crippen molar-refractivity contribution in [1.82, 2.24) is 20.8 Å². The number of aromatic nitrogens is 2. The number of rotatable bonds is 9. The van der Waals surface area contributed by atoms with E-state index in [4.69, 9.17) is 4.74 Å². The number of amides is 2. The Bertz CT molecular complexity index is 1290. The highest BCUT2D eigenvalue weighted by molar-refractivity contribution is 5.79. The number of aliphatic hydroxyl groups excluding tert-OH is 1. The molecule has 0 bridgehead atoms. The largest absolute Gasteiger partial charge is 0.414 e. The van der Waals surface area contributed by atoms with Gasteiger partial charge in [0.15, 0.2) is 0 Å². The Morgan fingerprint density at radius 3 is 2.31 bits per heavy atom. The van der Waals surface area contributed by atoms with Crippen molar-refractivity contribution in [3.8, 4) is 5.88 Å². The quantitative estimate of drug-likeness (QED) is 0.203.